The van der Waals surface area contributed by atoms with E-state index in [9.17, 15) is 0 Å². The number of aliphatic hydroxyl groups is 1. The molecule has 2 N–H and O–H groups in total. The van der Waals surface area contributed by atoms with Crippen LogP contribution in [0.1, 0.15) is 13.3 Å². The summed E-state index contributed by atoms with van der Waals surface area (Å²) in [5, 5.41) is 11.5. The average Bonchev–Trinajstić information content (AvgIpc) is 1.68. The van der Waals surface area contributed by atoms with Crippen molar-refractivity contribution < 1.29 is 5.11 Å². The van der Waals surface area contributed by atoms with Crippen LogP contribution in [0, 0.1) is 5.92 Å². The SMILES string of the molecule is CNCC(C)CCO. The molecule has 0 aliphatic carbocycles. The minimum Gasteiger partial charge on any atom is -0.396 e. The number of hydrogen-bond acceptors (Lipinski definition) is 2. The van der Waals surface area contributed by atoms with Gasteiger partial charge in [0.25, 0.3) is 0 Å². The molecular weight excluding hydrogens is 102 g/mol. The largest absolute Gasteiger partial charge is 0.396 e. The minimum absolute atomic E-state index is 0.308. The van der Waals surface area contributed by atoms with Crippen LogP contribution in [0.25, 0.3) is 0 Å². The van der Waals surface area contributed by atoms with Crippen LogP contribution in [0.5, 0.6) is 0 Å². The highest BCUT2D eigenvalue weighted by Gasteiger charge is 1.96. The summed E-state index contributed by atoms with van der Waals surface area (Å²) in [5.41, 5.74) is 0. The van der Waals surface area contributed by atoms with Crippen LogP contribution in [0.3, 0.4) is 0 Å². The second-order valence-corrected chi connectivity index (χ2v) is 2.18. The Hall–Kier alpha value is -0.0800. The lowest BCUT2D eigenvalue weighted by Crippen LogP contribution is -2.16. The molecule has 0 aromatic carbocycles. The lowest BCUT2D eigenvalue weighted by atomic mass is 10.1. The Labute approximate surface area is 50.9 Å². The van der Waals surface area contributed by atoms with Crippen molar-refractivity contribution in [2.75, 3.05) is 20.2 Å². The van der Waals surface area contributed by atoms with E-state index in [1.807, 2.05) is 7.05 Å². The van der Waals surface area contributed by atoms with Crippen molar-refractivity contribution in [2.24, 2.45) is 5.92 Å². The lowest BCUT2D eigenvalue weighted by Gasteiger charge is -2.06. The highest BCUT2D eigenvalue weighted by atomic mass is 16.3. The highest BCUT2D eigenvalue weighted by molar-refractivity contribution is 4.52. The van der Waals surface area contributed by atoms with Gasteiger partial charge in [0, 0.05) is 6.61 Å². The van der Waals surface area contributed by atoms with E-state index < -0.39 is 0 Å². The van der Waals surface area contributed by atoms with Gasteiger partial charge < -0.3 is 10.4 Å². The quantitative estimate of drug-likeness (QED) is 0.552. The maximum atomic E-state index is 8.44. The first-order valence-electron chi connectivity index (χ1n) is 3.06. The van der Waals surface area contributed by atoms with Crippen LogP contribution >= 0.6 is 0 Å². The Balaban J connectivity index is 2.92. The molecular formula is C6H15NO. The van der Waals surface area contributed by atoms with Crippen LogP contribution in [0.15, 0.2) is 0 Å². The predicted octanol–water partition coefficient (Wildman–Crippen LogP) is 0.224. The van der Waals surface area contributed by atoms with E-state index in [0.29, 0.717) is 12.5 Å². The van der Waals surface area contributed by atoms with Gasteiger partial charge in [-0.05, 0) is 25.9 Å². The van der Waals surface area contributed by atoms with Gasteiger partial charge in [0.2, 0.25) is 0 Å². The molecule has 0 heterocycles. The van der Waals surface area contributed by atoms with E-state index in [1.165, 1.54) is 0 Å². The van der Waals surface area contributed by atoms with Gasteiger partial charge in [-0.25, -0.2) is 0 Å². The first-order valence-corrected chi connectivity index (χ1v) is 3.06. The number of rotatable bonds is 4. The summed E-state index contributed by atoms with van der Waals surface area (Å²) in [6.07, 6.45) is 0.904. The molecule has 8 heavy (non-hydrogen) atoms. The Kier molecular flexibility index (Phi) is 5.01. The van der Waals surface area contributed by atoms with Crippen LogP contribution in [0.4, 0.5) is 0 Å². The molecule has 0 spiro atoms. The van der Waals surface area contributed by atoms with E-state index in [4.69, 9.17) is 5.11 Å². The average molecular weight is 117 g/mol. The zero-order valence-electron chi connectivity index (χ0n) is 5.65. The molecule has 50 valence electrons. The summed E-state index contributed by atoms with van der Waals surface area (Å²) >= 11 is 0. The molecule has 0 amide bonds. The van der Waals surface area contributed by atoms with Gasteiger partial charge in [-0.3, -0.25) is 0 Å². The smallest absolute Gasteiger partial charge is 0.0434 e. The van der Waals surface area contributed by atoms with Crippen LogP contribution in [-0.4, -0.2) is 25.3 Å². The molecule has 2 heteroatoms. The van der Waals surface area contributed by atoms with Crippen LogP contribution in [0.2, 0.25) is 0 Å². The second-order valence-electron chi connectivity index (χ2n) is 2.18. The number of hydrogen-bond donors (Lipinski definition) is 2. The van der Waals surface area contributed by atoms with Crippen molar-refractivity contribution in [3.8, 4) is 0 Å². The van der Waals surface area contributed by atoms with E-state index in [2.05, 4.69) is 12.2 Å². The van der Waals surface area contributed by atoms with Crippen molar-refractivity contribution in [3.63, 3.8) is 0 Å². The molecule has 0 fully saturated rings. The van der Waals surface area contributed by atoms with Gasteiger partial charge in [0.05, 0.1) is 0 Å². The molecule has 0 aliphatic heterocycles. The molecule has 1 atom stereocenters. The highest BCUT2D eigenvalue weighted by Crippen LogP contribution is 1.96. The van der Waals surface area contributed by atoms with Crippen LogP contribution in [-0.2, 0) is 0 Å². The third-order valence-electron chi connectivity index (χ3n) is 1.17. The fraction of sp³-hybridized carbons (Fsp3) is 1.00. The Morgan fingerprint density at radius 3 is 2.62 bits per heavy atom. The van der Waals surface area contributed by atoms with Crippen LogP contribution < -0.4 is 5.32 Å². The summed E-state index contributed by atoms with van der Waals surface area (Å²) in [5.74, 6) is 0.602. The molecule has 0 radical (unpaired) electrons. The molecule has 0 aliphatic rings. The predicted molar refractivity (Wildman–Crippen MR) is 34.8 cm³/mol. The normalized spacial score (nSPS) is 13.9. The van der Waals surface area contributed by atoms with E-state index in [0.717, 1.165) is 13.0 Å². The minimum atomic E-state index is 0.308. The zero-order valence-corrected chi connectivity index (χ0v) is 5.65. The van der Waals surface area contributed by atoms with Gasteiger partial charge in [-0.2, -0.15) is 0 Å². The molecule has 0 aromatic heterocycles. The van der Waals surface area contributed by atoms with Gasteiger partial charge in [0.15, 0.2) is 0 Å². The maximum Gasteiger partial charge on any atom is 0.0434 e. The molecule has 0 saturated heterocycles. The van der Waals surface area contributed by atoms with Crippen molar-refractivity contribution in [2.45, 2.75) is 13.3 Å². The van der Waals surface area contributed by atoms with Crippen molar-refractivity contribution in [1.82, 2.24) is 5.32 Å². The van der Waals surface area contributed by atoms with Gasteiger partial charge in [0.1, 0.15) is 0 Å². The van der Waals surface area contributed by atoms with Crippen molar-refractivity contribution >= 4 is 0 Å². The van der Waals surface area contributed by atoms with Crippen molar-refractivity contribution in [3.05, 3.63) is 0 Å². The summed E-state index contributed by atoms with van der Waals surface area (Å²) in [4.78, 5) is 0. The topological polar surface area (TPSA) is 32.3 Å². The summed E-state index contributed by atoms with van der Waals surface area (Å²) < 4.78 is 0. The third-order valence-corrected chi connectivity index (χ3v) is 1.17. The Morgan fingerprint density at radius 1 is 1.62 bits per heavy atom. The van der Waals surface area contributed by atoms with Gasteiger partial charge in [-0.1, -0.05) is 6.92 Å². The Bertz CT molecular complexity index is 41.8. The number of nitrogens with one attached hydrogen (secondary N) is 1. The fourth-order valence-corrected chi connectivity index (χ4v) is 0.671. The van der Waals surface area contributed by atoms with Crippen molar-refractivity contribution in [1.29, 1.82) is 0 Å². The van der Waals surface area contributed by atoms with E-state index >= 15 is 0 Å². The Morgan fingerprint density at radius 2 is 2.25 bits per heavy atom. The molecule has 2 nitrogen and oxygen atoms in total. The monoisotopic (exact) mass is 117 g/mol. The molecule has 0 saturated carbocycles. The van der Waals surface area contributed by atoms with E-state index in [-0.39, 0.29) is 0 Å². The number of aliphatic hydroxyl groups excluding tert-OH is 1. The standard InChI is InChI=1S/C6H15NO/c1-6(3-4-8)5-7-2/h6-8H,3-5H2,1-2H3. The fourth-order valence-electron chi connectivity index (χ4n) is 0.671. The molecule has 1 unspecified atom stereocenters. The van der Waals surface area contributed by atoms with Gasteiger partial charge in [-0.15, -0.1) is 0 Å². The van der Waals surface area contributed by atoms with E-state index in [1.54, 1.807) is 0 Å². The molecule has 0 rings (SSSR count). The maximum absolute atomic E-state index is 8.44. The first kappa shape index (κ1) is 7.92. The zero-order chi connectivity index (χ0) is 6.41. The van der Waals surface area contributed by atoms with Gasteiger partial charge >= 0.3 is 0 Å². The summed E-state index contributed by atoms with van der Waals surface area (Å²) in [7, 11) is 1.92. The second kappa shape index (κ2) is 5.06. The summed E-state index contributed by atoms with van der Waals surface area (Å²) in [6, 6.07) is 0. The first-order chi connectivity index (χ1) is 3.81. The summed E-state index contributed by atoms with van der Waals surface area (Å²) in [6.45, 7) is 3.43. The lowest BCUT2D eigenvalue weighted by molar-refractivity contribution is 0.261. The molecule has 0 aromatic rings. The molecule has 0 bridgehead atoms. The third kappa shape index (κ3) is 4.09.